The highest BCUT2D eigenvalue weighted by Crippen LogP contribution is 2.33. The summed E-state index contributed by atoms with van der Waals surface area (Å²) >= 11 is 13.5. The van der Waals surface area contributed by atoms with E-state index in [0.717, 1.165) is 10.4 Å². The molecule has 0 atom stereocenters. The van der Waals surface area contributed by atoms with Crippen molar-refractivity contribution >= 4 is 51.7 Å². The van der Waals surface area contributed by atoms with Gasteiger partial charge in [0.1, 0.15) is 11.6 Å². The first kappa shape index (κ1) is 20.2. The number of hydrogen-bond donors (Lipinski definition) is 1. The topological polar surface area (TPSA) is 84.2 Å². The summed E-state index contributed by atoms with van der Waals surface area (Å²) in [5, 5.41) is 13.7. The molecule has 150 valence electrons. The van der Waals surface area contributed by atoms with Crippen molar-refractivity contribution in [3.63, 3.8) is 0 Å². The normalized spacial score (nSPS) is 12.5. The molecule has 1 amide bonds. The number of amides is 1. The van der Waals surface area contributed by atoms with Crippen LogP contribution >= 0.6 is 34.5 Å². The Bertz CT molecular complexity index is 1200. The van der Waals surface area contributed by atoms with Gasteiger partial charge in [0.25, 0.3) is 5.91 Å². The molecule has 2 heterocycles. The highest BCUT2D eigenvalue weighted by molar-refractivity contribution is 7.15. The Labute approximate surface area is 186 Å². The zero-order valence-corrected chi connectivity index (χ0v) is 17.6. The average Bonchev–Trinajstić information content (AvgIpc) is 3.37. The standard InChI is InChI=1S/C21H13Cl2N3O3S/c22-15-2-3-17(23)13(7-15)8-16-10-25-21(30-16)26-20(27)14(9-24)5-12-1-4-18-19(6-12)29-11-28-18/h1-7,10H,8,11H2,(H,25,26,27)/b14-5+. The van der Waals surface area contributed by atoms with Crippen LogP contribution in [-0.4, -0.2) is 17.7 Å². The van der Waals surface area contributed by atoms with Gasteiger partial charge in [0.2, 0.25) is 6.79 Å². The van der Waals surface area contributed by atoms with Gasteiger partial charge in [0, 0.05) is 27.5 Å². The number of rotatable bonds is 5. The third-order valence-electron chi connectivity index (χ3n) is 4.22. The van der Waals surface area contributed by atoms with Crippen LogP contribution in [0.1, 0.15) is 16.0 Å². The summed E-state index contributed by atoms with van der Waals surface area (Å²) in [5.41, 5.74) is 1.47. The number of thiazole rings is 1. The van der Waals surface area contributed by atoms with Crippen LogP contribution in [0.25, 0.3) is 6.08 Å². The minimum absolute atomic E-state index is 0.0523. The number of aromatic nitrogens is 1. The molecule has 0 saturated heterocycles. The van der Waals surface area contributed by atoms with E-state index in [1.165, 1.54) is 17.4 Å². The highest BCUT2D eigenvalue weighted by atomic mass is 35.5. The molecule has 1 aliphatic rings. The third-order valence-corrected chi connectivity index (χ3v) is 5.74. The molecule has 0 aliphatic carbocycles. The SMILES string of the molecule is N#C/C(=C\c1ccc2c(c1)OCO2)C(=O)Nc1ncc(Cc2cc(Cl)ccc2Cl)s1. The highest BCUT2D eigenvalue weighted by Gasteiger charge is 2.16. The molecule has 0 radical (unpaired) electrons. The van der Waals surface area contributed by atoms with Crippen molar-refractivity contribution in [2.24, 2.45) is 0 Å². The number of nitriles is 1. The Morgan fingerprint density at radius 3 is 2.90 bits per heavy atom. The predicted molar refractivity (Wildman–Crippen MR) is 116 cm³/mol. The lowest BCUT2D eigenvalue weighted by atomic mass is 10.1. The number of fused-ring (bicyclic) bond motifs is 1. The fourth-order valence-electron chi connectivity index (χ4n) is 2.80. The van der Waals surface area contributed by atoms with E-state index in [1.54, 1.807) is 42.6 Å². The van der Waals surface area contributed by atoms with E-state index in [2.05, 4.69) is 10.3 Å². The van der Waals surface area contributed by atoms with Crippen molar-refractivity contribution < 1.29 is 14.3 Å². The van der Waals surface area contributed by atoms with Crippen molar-refractivity contribution in [1.82, 2.24) is 4.98 Å². The van der Waals surface area contributed by atoms with Crippen LogP contribution < -0.4 is 14.8 Å². The van der Waals surface area contributed by atoms with E-state index in [4.69, 9.17) is 32.7 Å². The van der Waals surface area contributed by atoms with Crippen LogP contribution in [0.5, 0.6) is 11.5 Å². The van der Waals surface area contributed by atoms with Crippen molar-refractivity contribution in [2.75, 3.05) is 12.1 Å². The van der Waals surface area contributed by atoms with Gasteiger partial charge in [-0.05, 0) is 47.5 Å². The maximum atomic E-state index is 12.5. The molecular formula is C21H13Cl2N3O3S. The number of nitrogens with zero attached hydrogens (tertiary/aromatic N) is 2. The summed E-state index contributed by atoms with van der Waals surface area (Å²) < 4.78 is 10.6. The van der Waals surface area contributed by atoms with Crippen LogP contribution in [-0.2, 0) is 11.2 Å². The van der Waals surface area contributed by atoms with E-state index in [-0.39, 0.29) is 12.4 Å². The Kier molecular flexibility index (Phi) is 5.91. The number of carbonyl (C=O) groups excluding carboxylic acids is 1. The number of benzene rings is 2. The Morgan fingerprint density at radius 2 is 2.07 bits per heavy atom. The molecule has 1 aliphatic heterocycles. The summed E-state index contributed by atoms with van der Waals surface area (Å²) in [5.74, 6) is 0.660. The molecule has 0 fully saturated rings. The van der Waals surface area contributed by atoms with Crippen LogP contribution in [0, 0.1) is 11.3 Å². The lowest BCUT2D eigenvalue weighted by Gasteiger charge is -2.03. The first-order valence-electron chi connectivity index (χ1n) is 8.73. The molecule has 2 aromatic carbocycles. The van der Waals surface area contributed by atoms with Crippen molar-refractivity contribution in [1.29, 1.82) is 5.26 Å². The quantitative estimate of drug-likeness (QED) is 0.414. The van der Waals surface area contributed by atoms with Gasteiger partial charge in [-0.1, -0.05) is 29.3 Å². The molecule has 1 N–H and O–H groups in total. The van der Waals surface area contributed by atoms with Crippen molar-refractivity contribution in [2.45, 2.75) is 6.42 Å². The minimum atomic E-state index is -0.545. The molecule has 0 saturated carbocycles. The number of anilines is 1. The Hall–Kier alpha value is -3.05. The maximum absolute atomic E-state index is 12.5. The number of carbonyl (C=O) groups is 1. The molecule has 4 rings (SSSR count). The number of halogens is 2. The predicted octanol–water partition coefficient (Wildman–Crippen LogP) is 5.32. The Balaban J connectivity index is 1.46. The largest absolute Gasteiger partial charge is 0.454 e. The fraction of sp³-hybridized carbons (Fsp3) is 0.0952. The fourth-order valence-corrected chi connectivity index (χ4v) is 4.01. The van der Waals surface area contributed by atoms with Gasteiger partial charge in [-0.2, -0.15) is 5.26 Å². The number of ether oxygens (including phenoxy) is 2. The molecular weight excluding hydrogens is 445 g/mol. The second kappa shape index (κ2) is 8.76. The summed E-state index contributed by atoms with van der Waals surface area (Å²) in [6.45, 7) is 0.154. The van der Waals surface area contributed by atoms with E-state index < -0.39 is 5.91 Å². The van der Waals surface area contributed by atoms with Crippen LogP contribution in [0.4, 0.5) is 5.13 Å². The molecule has 9 heteroatoms. The molecule has 0 spiro atoms. The van der Waals surface area contributed by atoms with Crippen molar-refractivity contribution in [3.05, 3.63) is 74.2 Å². The zero-order valence-electron chi connectivity index (χ0n) is 15.3. The summed E-state index contributed by atoms with van der Waals surface area (Å²) in [7, 11) is 0. The third kappa shape index (κ3) is 4.57. The summed E-state index contributed by atoms with van der Waals surface area (Å²) in [6, 6.07) is 12.4. The van der Waals surface area contributed by atoms with Crippen LogP contribution in [0.15, 0.2) is 48.2 Å². The van der Waals surface area contributed by atoms with Gasteiger partial charge in [-0.15, -0.1) is 11.3 Å². The van der Waals surface area contributed by atoms with Gasteiger partial charge in [-0.3, -0.25) is 10.1 Å². The van der Waals surface area contributed by atoms with Gasteiger partial charge in [-0.25, -0.2) is 4.98 Å². The van der Waals surface area contributed by atoms with Gasteiger partial charge >= 0.3 is 0 Å². The van der Waals surface area contributed by atoms with E-state index in [0.29, 0.717) is 38.7 Å². The second-order valence-corrected chi connectivity index (χ2v) is 8.24. The number of hydrogen-bond acceptors (Lipinski definition) is 6. The second-order valence-electron chi connectivity index (χ2n) is 6.28. The van der Waals surface area contributed by atoms with Crippen molar-refractivity contribution in [3.8, 4) is 17.6 Å². The van der Waals surface area contributed by atoms with Gasteiger partial charge in [0.05, 0.1) is 0 Å². The molecule has 1 aromatic heterocycles. The number of nitrogens with one attached hydrogen (secondary N) is 1. The summed E-state index contributed by atoms with van der Waals surface area (Å²) in [6.07, 6.45) is 3.67. The monoisotopic (exact) mass is 457 g/mol. The van der Waals surface area contributed by atoms with Crippen LogP contribution in [0.3, 0.4) is 0 Å². The maximum Gasteiger partial charge on any atom is 0.268 e. The van der Waals surface area contributed by atoms with E-state index in [9.17, 15) is 10.1 Å². The Morgan fingerprint density at radius 1 is 1.23 bits per heavy atom. The zero-order chi connectivity index (χ0) is 21.1. The molecule has 30 heavy (non-hydrogen) atoms. The van der Waals surface area contributed by atoms with E-state index in [1.807, 2.05) is 6.07 Å². The first-order chi connectivity index (χ1) is 14.5. The summed E-state index contributed by atoms with van der Waals surface area (Å²) in [4.78, 5) is 17.6. The lowest BCUT2D eigenvalue weighted by Crippen LogP contribution is -2.13. The van der Waals surface area contributed by atoms with Gasteiger partial charge in [0.15, 0.2) is 16.6 Å². The minimum Gasteiger partial charge on any atom is -0.454 e. The molecule has 3 aromatic rings. The van der Waals surface area contributed by atoms with Crippen LogP contribution in [0.2, 0.25) is 10.0 Å². The van der Waals surface area contributed by atoms with Gasteiger partial charge < -0.3 is 9.47 Å². The molecule has 0 unspecified atom stereocenters. The lowest BCUT2D eigenvalue weighted by molar-refractivity contribution is -0.112. The smallest absolute Gasteiger partial charge is 0.268 e. The molecule has 0 bridgehead atoms. The molecule has 6 nitrogen and oxygen atoms in total. The van der Waals surface area contributed by atoms with E-state index >= 15 is 0 Å². The average molecular weight is 458 g/mol. The first-order valence-corrected chi connectivity index (χ1v) is 10.3.